The number of nitrogens with zero attached hydrogens (tertiary/aromatic N) is 3. The first kappa shape index (κ1) is 18.5. The van der Waals surface area contributed by atoms with Crippen LogP contribution in [0.15, 0.2) is 30.3 Å². The lowest BCUT2D eigenvalue weighted by Crippen LogP contribution is -2.52. The quantitative estimate of drug-likeness (QED) is 0.871. The molecule has 0 bridgehead atoms. The van der Waals surface area contributed by atoms with Gasteiger partial charge in [-0.2, -0.15) is 5.10 Å². The second-order valence-electron chi connectivity index (χ2n) is 7.40. The molecule has 1 aromatic carbocycles. The van der Waals surface area contributed by atoms with Crippen LogP contribution in [0, 0.1) is 6.92 Å². The van der Waals surface area contributed by atoms with Crippen LogP contribution in [0.5, 0.6) is 5.75 Å². The molecule has 1 N–H and O–H groups in total. The van der Waals surface area contributed by atoms with Crippen LogP contribution in [0.2, 0.25) is 0 Å². The third-order valence-electron chi connectivity index (χ3n) is 5.33. The number of benzene rings is 1. The van der Waals surface area contributed by atoms with Gasteiger partial charge in [-0.05, 0) is 19.1 Å². The average molecular weight is 384 g/mol. The van der Waals surface area contributed by atoms with E-state index in [-0.39, 0.29) is 18.4 Å². The molecule has 148 valence electrons. The van der Waals surface area contributed by atoms with Crippen LogP contribution in [0.3, 0.4) is 0 Å². The number of ether oxygens (including phenoxy) is 2. The van der Waals surface area contributed by atoms with E-state index >= 15 is 0 Å². The molecular weight excluding hydrogens is 360 g/mol. The Balaban J connectivity index is 1.57. The molecule has 28 heavy (non-hydrogen) atoms. The normalized spacial score (nSPS) is 18.4. The second-order valence-corrected chi connectivity index (χ2v) is 7.40. The van der Waals surface area contributed by atoms with Crippen molar-refractivity contribution < 1.29 is 19.1 Å². The zero-order valence-corrected chi connectivity index (χ0v) is 16.1. The first-order valence-corrected chi connectivity index (χ1v) is 9.41. The number of amides is 2. The number of hydrogen-bond donors (Lipinski definition) is 1. The van der Waals surface area contributed by atoms with Crippen molar-refractivity contribution in [2.75, 3.05) is 31.6 Å². The summed E-state index contributed by atoms with van der Waals surface area (Å²) in [6.45, 7) is 3.34. The van der Waals surface area contributed by atoms with Gasteiger partial charge in [-0.25, -0.2) is 0 Å². The molecule has 4 rings (SSSR count). The molecule has 8 nitrogen and oxygen atoms in total. The molecular formula is C20H24N4O4. The van der Waals surface area contributed by atoms with Gasteiger partial charge in [0, 0.05) is 31.6 Å². The second kappa shape index (κ2) is 7.27. The highest BCUT2D eigenvalue weighted by molar-refractivity contribution is 6.01. The van der Waals surface area contributed by atoms with Crippen LogP contribution in [0.25, 0.3) is 0 Å². The number of anilines is 1. The van der Waals surface area contributed by atoms with Gasteiger partial charge < -0.3 is 19.7 Å². The number of carbonyl (C=O) groups excluding carboxylic acids is 2. The smallest absolute Gasteiger partial charge is 0.258 e. The molecule has 0 saturated carbocycles. The van der Waals surface area contributed by atoms with Crippen molar-refractivity contribution in [2.45, 2.75) is 25.4 Å². The fourth-order valence-corrected chi connectivity index (χ4v) is 3.70. The summed E-state index contributed by atoms with van der Waals surface area (Å²) in [6.07, 6.45) is 1.35. The molecule has 1 fully saturated rings. The molecule has 0 atom stereocenters. The Hall–Kier alpha value is -2.87. The Kier molecular flexibility index (Phi) is 4.80. The SMILES string of the molecule is Cc1cc(NC(=O)CN2CC3(CCOCC3)Oc3ccccc3C2=O)nn1C. The standard InChI is InChI=1S/C20H24N4O4/c1-14-11-17(22-23(14)2)21-18(25)12-24-13-20(7-9-27-10-8-20)28-16-6-4-3-5-15(16)19(24)26/h3-6,11H,7-10,12-13H2,1-2H3,(H,21,22,25). The van der Waals surface area contributed by atoms with Gasteiger partial charge in [0.05, 0.1) is 25.3 Å². The molecule has 2 aliphatic heterocycles. The van der Waals surface area contributed by atoms with Crippen molar-refractivity contribution in [2.24, 2.45) is 7.05 Å². The minimum absolute atomic E-state index is 0.0608. The Labute approximate surface area is 163 Å². The van der Waals surface area contributed by atoms with E-state index in [0.717, 1.165) is 5.69 Å². The summed E-state index contributed by atoms with van der Waals surface area (Å²) in [4.78, 5) is 27.3. The van der Waals surface area contributed by atoms with Gasteiger partial charge in [0.15, 0.2) is 5.82 Å². The third kappa shape index (κ3) is 3.60. The van der Waals surface area contributed by atoms with Crippen molar-refractivity contribution >= 4 is 17.6 Å². The number of para-hydroxylation sites is 1. The molecule has 2 aromatic rings. The van der Waals surface area contributed by atoms with E-state index in [4.69, 9.17) is 9.47 Å². The lowest BCUT2D eigenvalue weighted by Gasteiger charge is -2.38. The molecule has 1 aromatic heterocycles. The Morgan fingerprint density at radius 1 is 1.29 bits per heavy atom. The van der Waals surface area contributed by atoms with Crippen LogP contribution in [0.1, 0.15) is 28.9 Å². The summed E-state index contributed by atoms with van der Waals surface area (Å²) < 4.78 is 13.5. The Bertz CT molecular complexity index is 882. The molecule has 8 heteroatoms. The maximum absolute atomic E-state index is 13.1. The van der Waals surface area contributed by atoms with Gasteiger partial charge in [0.1, 0.15) is 17.9 Å². The first-order chi connectivity index (χ1) is 13.5. The highest BCUT2D eigenvalue weighted by atomic mass is 16.5. The number of fused-ring (bicyclic) bond motifs is 1. The van der Waals surface area contributed by atoms with E-state index in [2.05, 4.69) is 10.4 Å². The van der Waals surface area contributed by atoms with Crippen molar-refractivity contribution in [3.8, 4) is 5.75 Å². The van der Waals surface area contributed by atoms with Crippen molar-refractivity contribution in [3.63, 3.8) is 0 Å². The van der Waals surface area contributed by atoms with Gasteiger partial charge in [-0.3, -0.25) is 14.3 Å². The number of carbonyl (C=O) groups is 2. The van der Waals surface area contributed by atoms with Gasteiger partial charge in [0.25, 0.3) is 5.91 Å². The largest absolute Gasteiger partial charge is 0.484 e. The highest BCUT2D eigenvalue weighted by Crippen LogP contribution is 2.34. The molecule has 1 saturated heterocycles. The van der Waals surface area contributed by atoms with E-state index in [9.17, 15) is 9.59 Å². The molecule has 2 aliphatic rings. The minimum Gasteiger partial charge on any atom is -0.484 e. The molecule has 0 aliphatic carbocycles. The summed E-state index contributed by atoms with van der Waals surface area (Å²) in [5.74, 6) is 0.557. The number of nitrogens with one attached hydrogen (secondary N) is 1. The summed E-state index contributed by atoms with van der Waals surface area (Å²) >= 11 is 0. The Morgan fingerprint density at radius 3 is 2.75 bits per heavy atom. The van der Waals surface area contributed by atoms with Crippen molar-refractivity contribution in [3.05, 3.63) is 41.6 Å². The van der Waals surface area contributed by atoms with Crippen molar-refractivity contribution in [1.82, 2.24) is 14.7 Å². The number of hydrogen-bond acceptors (Lipinski definition) is 5. The van der Waals surface area contributed by atoms with E-state index in [1.165, 1.54) is 0 Å². The molecule has 0 unspecified atom stereocenters. The predicted molar refractivity (Wildman–Crippen MR) is 102 cm³/mol. The van der Waals surface area contributed by atoms with Crippen LogP contribution in [-0.2, 0) is 16.6 Å². The topological polar surface area (TPSA) is 85.7 Å². The monoisotopic (exact) mass is 384 g/mol. The molecule has 0 radical (unpaired) electrons. The first-order valence-electron chi connectivity index (χ1n) is 9.41. The molecule has 1 spiro atoms. The van der Waals surface area contributed by atoms with Gasteiger partial charge >= 0.3 is 0 Å². The zero-order valence-electron chi connectivity index (χ0n) is 16.1. The minimum atomic E-state index is -0.539. The summed E-state index contributed by atoms with van der Waals surface area (Å²) in [5.41, 5.74) is 0.875. The summed E-state index contributed by atoms with van der Waals surface area (Å²) in [5, 5.41) is 7.02. The van der Waals surface area contributed by atoms with Crippen LogP contribution in [0.4, 0.5) is 5.82 Å². The summed E-state index contributed by atoms with van der Waals surface area (Å²) in [7, 11) is 1.81. The molecule has 2 amide bonds. The average Bonchev–Trinajstić information content (AvgIpc) is 2.93. The fraction of sp³-hybridized carbons (Fsp3) is 0.450. The van der Waals surface area contributed by atoms with Gasteiger partial charge in [-0.1, -0.05) is 12.1 Å². The van der Waals surface area contributed by atoms with E-state index in [0.29, 0.717) is 49.7 Å². The van der Waals surface area contributed by atoms with Gasteiger partial charge in [-0.15, -0.1) is 0 Å². The maximum atomic E-state index is 13.1. The van der Waals surface area contributed by atoms with Crippen molar-refractivity contribution in [1.29, 1.82) is 0 Å². The fourth-order valence-electron chi connectivity index (χ4n) is 3.70. The zero-order chi connectivity index (χ0) is 19.7. The van der Waals surface area contributed by atoms with E-state index < -0.39 is 5.60 Å². The Morgan fingerprint density at radius 2 is 2.04 bits per heavy atom. The van der Waals surface area contributed by atoms with E-state index in [1.54, 1.807) is 27.8 Å². The lowest BCUT2D eigenvalue weighted by molar-refractivity contribution is -0.117. The van der Waals surface area contributed by atoms with Gasteiger partial charge in [0.2, 0.25) is 5.91 Å². The van der Waals surface area contributed by atoms with Crippen LogP contribution < -0.4 is 10.1 Å². The van der Waals surface area contributed by atoms with Crippen LogP contribution in [-0.4, -0.2) is 58.4 Å². The van der Waals surface area contributed by atoms with Crippen LogP contribution >= 0.6 is 0 Å². The van der Waals surface area contributed by atoms with E-state index in [1.807, 2.05) is 26.1 Å². The summed E-state index contributed by atoms with van der Waals surface area (Å²) in [6, 6.07) is 9.00. The number of rotatable bonds is 3. The third-order valence-corrected chi connectivity index (χ3v) is 5.33. The number of aromatic nitrogens is 2. The predicted octanol–water partition coefficient (Wildman–Crippen LogP) is 1.75. The molecule has 3 heterocycles. The maximum Gasteiger partial charge on any atom is 0.258 e. The highest BCUT2D eigenvalue weighted by Gasteiger charge is 2.42. The number of aryl methyl sites for hydroxylation is 2. The lowest BCUT2D eigenvalue weighted by atomic mass is 9.93.